The third-order valence-corrected chi connectivity index (χ3v) is 8.07. The van der Waals surface area contributed by atoms with Crippen LogP contribution in [0, 0.1) is 18.6 Å². The van der Waals surface area contributed by atoms with Gasteiger partial charge in [0.2, 0.25) is 5.91 Å². The van der Waals surface area contributed by atoms with Crippen LogP contribution in [0.3, 0.4) is 0 Å². The molecule has 0 spiro atoms. The van der Waals surface area contributed by atoms with E-state index in [-0.39, 0.29) is 61.0 Å². The normalized spacial score (nSPS) is 12.3. The Labute approximate surface area is 266 Å². The fourth-order valence-electron chi connectivity index (χ4n) is 5.03. The zero-order chi connectivity index (χ0) is 32.9. The molecule has 0 saturated carbocycles. The van der Waals surface area contributed by atoms with E-state index in [4.69, 9.17) is 0 Å². The van der Waals surface area contributed by atoms with Crippen LogP contribution < -0.4 is 10.6 Å². The molecule has 45 heavy (non-hydrogen) atoms. The molecule has 3 aromatic rings. The first-order valence-corrected chi connectivity index (χ1v) is 16.1. The molecule has 0 unspecified atom stereocenters. The van der Waals surface area contributed by atoms with Gasteiger partial charge in [-0.1, -0.05) is 19.9 Å². The average Bonchev–Trinajstić information content (AvgIpc) is 3.53. The van der Waals surface area contributed by atoms with E-state index in [1.54, 1.807) is 41.5 Å². The predicted molar refractivity (Wildman–Crippen MR) is 170 cm³/mol. The van der Waals surface area contributed by atoms with Crippen molar-refractivity contribution in [3.05, 3.63) is 92.7 Å². The van der Waals surface area contributed by atoms with Gasteiger partial charge in [-0.15, -0.1) is 11.3 Å². The van der Waals surface area contributed by atoms with E-state index in [2.05, 4.69) is 10.6 Å². The summed E-state index contributed by atoms with van der Waals surface area (Å²) in [5.74, 6) is -2.83. The molecule has 11 heteroatoms. The van der Waals surface area contributed by atoms with Crippen LogP contribution >= 0.6 is 11.3 Å². The summed E-state index contributed by atoms with van der Waals surface area (Å²) in [7, 11) is 0. The highest BCUT2D eigenvalue weighted by Gasteiger charge is 2.25. The summed E-state index contributed by atoms with van der Waals surface area (Å²) < 4.78 is 27.9. The summed E-state index contributed by atoms with van der Waals surface area (Å²) in [6.45, 7) is 6.96. The number of rotatable bonds is 17. The van der Waals surface area contributed by atoms with Crippen molar-refractivity contribution in [1.29, 1.82) is 0 Å². The van der Waals surface area contributed by atoms with E-state index in [0.29, 0.717) is 29.1 Å². The number of Topliss-reactive ketones (excluding diaryl/α,β-unsaturated/α-hetero) is 1. The number of ketones is 1. The number of carbonyl (C=O) groups excluding carboxylic acids is 4. The zero-order valence-corrected chi connectivity index (χ0v) is 26.7. The van der Waals surface area contributed by atoms with Crippen molar-refractivity contribution >= 4 is 34.8 Å². The van der Waals surface area contributed by atoms with Gasteiger partial charge in [-0.3, -0.25) is 19.2 Å². The van der Waals surface area contributed by atoms with Crippen molar-refractivity contribution in [2.75, 3.05) is 19.6 Å². The molecule has 3 rings (SSSR count). The topological polar surface area (TPSA) is 116 Å². The molecule has 3 amide bonds. The van der Waals surface area contributed by atoms with Gasteiger partial charge in [0.05, 0.1) is 17.0 Å². The van der Waals surface area contributed by atoms with E-state index in [1.165, 1.54) is 17.4 Å². The summed E-state index contributed by atoms with van der Waals surface area (Å²) in [6.07, 6.45) is 0.338. The molecule has 3 N–H and O–H groups in total. The van der Waals surface area contributed by atoms with Crippen LogP contribution in [0.1, 0.15) is 87.5 Å². The first kappa shape index (κ1) is 35.5. The number of nitrogens with zero attached hydrogens (tertiary/aromatic N) is 1. The fourth-order valence-corrected chi connectivity index (χ4v) is 5.72. The lowest BCUT2D eigenvalue weighted by atomic mass is 9.97. The minimum atomic E-state index is -1.20. The van der Waals surface area contributed by atoms with Crippen LogP contribution in [0.25, 0.3) is 0 Å². The Hall–Kier alpha value is -3.96. The van der Waals surface area contributed by atoms with Gasteiger partial charge < -0.3 is 20.6 Å². The Morgan fingerprint density at radius 1 is 0.933 bits per heavy atom. The standard InChI is InChI=1S/C34H41F2N3O5S/c1-4-12-39(13-5-2)34(44)25-16-22(3)15-24(20-25)33(43)38-28(19-23-17-26(35)21-27(36)18-23)29(40)10-11-37-32(42)9-8-30(41)31-7-6-14-45-31/h6-7,14-18,20-21,28-29,40H,4-5,8-13,19H2,1-3H3,(H,37,42)(H,38,43)/t28-,29-/m1/s1. The number of benzene rings is 2. The Morgan fingerprint density at radius 2 is 1.60 bits per heavy atom. The number of aliphatic hydroxyl groups is 1. The summed E-state index contributed by atoms with van der Waals surface area (Å²) in [6, 6.07) is 10.3. The Balaban J connectivity index is 1.71. The van der Waals surface area contributed by atoms with Gasteiger partial charge in [0.25, 0.3) is 11.8 Å². The van der Waals surface area contributed by atoms with Crippen LogP contribution in [-0.2, 0) is 11.2 Å². The first-order chi connectivity index (χ1) is 21.5. The number of thiophene rings is 1. The quantitative estimate of drug-likeness (QED) is 0.169. The maximum absolute atomic E-state index is 14.0. The van der Waals surface area contributed by atoms with E-state index in [9.17, 15) is 33.1 Å². The maximum atomic E-state index is 14.0. The second kappa shape index (κ2) is 17.5. The highest BCUT2D eigenvalue weighted by molar-refractivity contribution is 7.12. The van der Waals surface area contributed by atoms with Crippen molar-refractivity contribution in [3.63, 3.8) is 0 Å². The Morgan fingerprint density at radius 3 is 2.22 bits per heavy atom. The number of amides is 3. The van der Waals surface area contributed by atoms with E-state index in [0.717, 1.165) is 31.0 Å². The van der Waals surface area contributed by atoms with Crippen molar-refractivity contribution < 1.29 is 33.1 Å². The van der Waals surface area contributed by atoms with Gasteiger partial charge in [0.15, 0.2) is 5.78 Å². The number of carbonyl (C=O) groups is 4. The third kappa shape index (κ3) is 11.2. The summed E-state index contributed by atoms with van der Waals surface area (Å²) in [5.41, 5.74) is 1.50. The highest BCUT2D eigenvalue weighted by Crippen LogP contribution is 2.17. The molecule has 0 aliphatic carbocycles. The Kier molecular flexibility index (Phi) is 13.8. The number of hydrogen-bond donors (Lipinski definition) is 3. The van der Waals surface area contributed by atoms with Crippen LogP contribution in [0.15, 0.2) is 53.9 Å². The minimum absolute atomic E-state index is 0.0160. The van der Waals surface area contributed by atoms with E-state index >= 15 is 0 Å². The lowest BCUT2D eigenvalue weighted by Gasteiger charge is -2.25. The highest BCUT2D eigenvalue weighted by atomic mass is 32.1. The lowest BCUT2D eigenvalue weighted by molar-refractivity contribution is -0.121. The maximum Gasteiger partial charge on any atom is 0.253 e. The molecule has 1 heterocycles. The second-order valence-corrected chi connectivity index (χ2v) is 12.0. The number of hydrogen-bond acceptors (Lipinski definition) is 6. The van der Waals surface area contributed by atoms with Gasteiger partial charge >= 0.3 is 0 Å². The molecule has 0 aliphatic rings. The van der Waals surface area contributed by atoms with E-state index < -0.39 is 29.7 Å². The summed E-state index contributed by atoms with van der Waals surface area (Å²) >= 11 is 1.31. The van der Waals surface area contributed by atoms with Gasteiger partial charge in [-0.25, -0.2) is 8.78 Å². The number of aryl methyl sites for hydroxylation is 1. The number of nitrogens with one attached hydrogen (secondary N) is 2. The van der Waals surface area contributed by atoms with Crippen LogP contribution in [0.4, 0.5) is 8.78 Å². The zero-order valence-electron chi connectivity index (χ0n) is 25.9. The molecule has 0 radical (unpaired) electrons. The van der Waals surface area contributed by atoms with Gasteiger partial charge in [0, 0.05) is 49.7 Å². The van der Waals surface area contributed by atoms with Crippen molar-refractivity contribution in [3.8, 4) is 0 Å². The molecule has 8 nitrogen and oxygen atoms in total. The number of halogens is 2. The molecule has 1 aromatic heterocycles. The molecule has 0 saturated heterocycles. The molecule has 0 aliphatic heterocycles. The largest absolute Gasteiger partial charge is 0.391 e. The fraction of sp³-hybridized carbons (Fsp3) is 0.412. The Bertz CT molecular complexity index is 1440. The van der Waals surface area contributed by atoms with Crippen LogP contribution in [-0.4, -0.2) is 65.3 Å². The van der Waals surface area contributed by atoms with E-state index in [1.807, 2.05) is 13.8 Å². The summed E-state index contributed by atoms with van der Waals surface area (Å²) in [5, 5.41) is 18.3. The third-order valence-electron chi connectivity index (χ3n) is 7.16. The van der Waals surface area contributed by atoms with Crippen molar-refractivity contribution in [2.45, 2.75) is 71.4 Å². The second-order valence-electron chi connectivity index (χ2n) is 11.0. The lowest BCUT2D eigenvalue weighted by Crippen LogP contribution is -2.46. The van der Waals surface area contributed by atoms with Crippen molar-refractivity contribution in [2.24, 2.45) is 0 Å². The van der Waals surface area contributed by atoms with Gasteiger partial charge in [0.1, 0.15) is 11.6 Å². The molecule has 0 fully saturated rings. The molecule has 242 valence electrons. The smallest absolute Gasteiger partial charge is 0.253 e. The molecule has 2 atom stereocenters. The molecule has 0 bridgehead atoms. The van der Waals surface area contributed by atoms with Crippen LogP contribution in [0.5, 0.6) is 0 Å². The minimum Gasteiger partial charge on any atom is -0.391 e. The number of aliphatic hydroxyl groups excluding tert-OH is 1. The van der Waals surface area contributed by atoms with Gasteiger partial charge in [-0.2, -0.15) is 0 Å². The predicted octanol–water partition coefficient (Wildman–Crippen LogP) is 5.47. The average molecular weight is 642 g/mol. The molecular formula is C34H41F2N3O5S. The molecular weight excluding hydrogens is 600 g/mol. The monoisotopic (exact) mass is 641 g/mol. The SMILES string of the molecule is CCCN(CCC)C(=O)c1cc(C)cc(C(=O)N[C@H](Cc2cc(F)cc(F)c2)[C@H](O)CCNC(=O)CCC(=O)c2cccs2)c1. The van der Waals surface area contributed by atoms with Crippen molar-refractivity contribution in [1.82, 2.24) is 15.5 Å². The molecule has 2 aromatic carbocycles. The summed E-state index contributed by atoms with van der Waals surface area (Å²) in [4.78, 5) is 53.5. The van der Waals surface area contributed by atoms with Crippen LogP contribution in [0.2, 0.25) is 0 Å². The van der Waals surface area contributed by atoms with Gasteiger partial charge in [-0.05, 0) is 85.5 Å². The first-order valence-electron chi connectivity index (χ1n) is 15.2.